The van der Waals surface area contributed by atoms with Crippen molar-refractivity contribution in [1.29, 1.82) is 0 Å². The SMILES string of the molecule is CC1(C)Cc2cccc(OCc3ccccc3N)c2O1. The minimum Gasteiger partial charge on any atom is -0.485 e. The third kappa shape index (κ3) is 2.44. The Balaban J connectivity index is 1.80. The molecule has 0 unspecified atom stereocenters. The molecule has 1 aliphatic rings. The number of benzene rings is 2. The fourth-order valence-electron chi connectivity index (χ4n) is 2.52. The molecular formula is C17H19NO2. The van der Waals surface area contributed by atoms with Gasteiger partial charge in [0.25, 0.3) is 0 Å². The summed E-state index contributed by atoms with van der Waals surface area (Å²) >= 11 is 0. The molecule has 1 aliphatic heterocycles. The lowest BCUT2D eigenvalue weighted by molar-refractivity contribution is 0.131. The summed E-state index contributed by atoms with van der Waals surface area (Å²) < 4.78 is 11.9. The van der Waals surface area contributed by atoms with Gasteiger partial charge in [-0.15, -0.1) is 0 Å². The number of hydrogen-bond donors (Lipinski definition) is 1. The Kier molecular flexibility index (Phi) is 3.05. The molecule has 3 nitrogen and oxygen atoms in total. The number of anilines is 1. The lowest BCUT2D eigenvalue weighted by Crippen LogP contribution is -2.24. The maximum Gasteiger partial charge on any atom is 0.165 e. The molecule has 0 spiro atoms. The van der Waals surface area contributed by atoms with Gasteiger partial charge in [-0.3, -0.25) is 0 Å². The predicted octanol–water partition coefficient (Wildman–Crippen LogP) is 3.56. The first kappa shape index (κ1) is 12.9. The number of para-hydroxylation sites is 2. The highest BCUT2D eigenvalue weighted by atomic mass is 16.5. The van der Waals surface area contributed by atoms with E-state index in [1.807, 2.05) is 36.4 Å². The normalized spacial score (nSPS) is 15.5. The summed E-state index contributed by atoms with van der Waals surface area (Å²) in [6.07, 6.45) is 0.910. The van der Waals surface area contributed by atoms with Gasteiger partial charge in [-0.05, 0) is 26.0 Å². The van der Waals surface area contributed by atoms with Crippen LogP contribution in [0.2, 0.25) is 0 Å². The van der Waals surface area contributed by atoms with Gasteiger partial charge in [0.1, 0.15) is 12.2 Å². The lowest BCUT2D eigenvalue weighted by Gasteiger charge is -2.18. The van der Waals surface area contributed by atoms with Gasteiger partial charge in [0.15, 0.2) is 11.5 Å². The molecule has 0 amide bonds. The Labute approximate surface area is 119 Å². The molecule has 0 radical (unpaired) electrons. The van der Waals surface area contributed by atoms with Crippen LogP contribution in [-0.2, 0) is 13.0 Å². The fraction of sp³-hybridized carbons (Fsp3) is 0.294. The third-order valence-corrected chi connectivity index (χ3v) is 3.49. The quantitative estimate of drug-likeness (QED) is 0.866. The van der Waals surface area contributed by atoms with Crippen LogP contribution in [-0.4, -0.2) is 5.60 Å². The van der Waals surface area contributed by atoms with Crippen LogP contribution in [0.15, 0.2) is 42.5 Å². The first-order valence-electron chi connectivity index (χ1n) is 6.82. The number of nitrogens with two attached hydrogens (primary N) is 1. The largest absolute Gasteiger partial charge is 0.485 e. The second-order valence-corrected chi connectivity index (χ2v) is 5.77. The van der Waals surface area contributed by atoms with Gasteiger partial charge in [-0.25, -0.2) is 0 Å². The van der Waals surface area contributed by atoms with Gasteiger partial charge < -0.3 is 15.2 Å². The highest BCUT2D eigenvalue weighted by molar-refractivity contribution is 5.51. The van der Waals surface area contributed by atoms with Crippen molar-refractivity contribution in [3.05, 3.63) is 53.6 Å². The molecule has 20 heavy (non-hydrogen) atoms. The Morgan fingerprint density at radius 2 is 1.95 bits per heavy atom. The minimum absolute atomic E-state index is 0.159. The Morgan fingerprint density at radius 1 is 1.15 bits per heavy atom. The van der Waals surface area contributed by atoms with E-state index in [2.05, 4.69) is 19.9 Å². The van der Waals surface area contributed by atoms with E-state index >= 15 is 0 Å². The molecule has 0 saturated heterocycles. The molecule has 104 valence electrons. The fourth-order valence-corrected chi connectivity index (χ4v) is 2.52. The number of ether oxygens (including phenoxy) is 2. The molecule has 2 N–H and O–H groups in total. The van der Waals surface area contributed by atoms with Crippen molar-refractivity contribution in [2.75, 3.05) is 5.73 Å². The Hall–Kier alpha value is -2.16. The van der Waals surface area contributed by atoms with Crippen molar-refractivity contribution in [3.8, 4) is 11.5 Å². The van der Waals surface area contributed by atoms with Crippen LogP contribution < -0.4 is 15.2 Å². The molecule has 1 heterocycles. The second-order valence-electron chi connectivity index (χ2n) is 5.77. The maximum absolute atomic E-state index is 5.99. The van der Waals surface area contributed by atoms with Crippen molar-refractivity contribution in [3.63, 3.8) is 0 Å². The molecule has 0 fully saturated rings. The summed E-state index contributed by atoms with van der Waals surface area (Å²) in [6.45, 7) is 4.63. The first-order chi connectivity index (χ1) is 9.55. The number of rotatable bonds is 3. The van der Waals surface area contributed by atoms with Crippen LogP contribution >= 0.6 is 0 Å². The molecule has 3 heteroatoms. The average molecular weight is 269 g/mol. The monoisotopic (exact) mass is 269 g/mol. The van der Waals surface area contributed by atoms with Crippen molar-refractivity contribution in [1.82, 2.24) is 0 Å². The third-order valence-electron chi connectivity index (χ3n) is 3.49. The highest BCUT2D eigenvalue weighted by Gasteiger charge is 2.32. The van der Waals surface area contributed by atoms with Gasteiger partial charge in [0, 0.05) is 23.2 Å². The van der Waals surface area contributed by atoms with Crippen molar-refractivity contribution >= 4 is 5.69 Å². The van der Waals surface area contributed by atoms with Crippen LogP contribution in [0, 0.1) is 0 Å². The summed E-state index contributed by atoms with van der Waals surface area (Å²) in [6, 6.07) is 13.8. The Bertz CT molecular complexity index is 635. The minimum atomic E-state index is -0.159. The lowest BCUT2D eigenvalue weighted by atomic mass is 10.0. The van der Waals surface area contributed by atoms with E-state index in [4.69, 9.17) is 15.2 Å². The van der Waals surface area contributed by atoms with E-state index in [0.717, 1.165) is 29.2 Å². The van der Waals surface area contributed by atoms with Crippen LogP contribution in [0.5, 0.6) is 11.5 Å². The Morgan fingerprint density at radius 3 is 2.75 bits per heavy atom. The summed E-state index contributed by atoms with van der Waals surface area (Å²) in [5.41, 5.74) is 8.71. The zero-order valence-corrected chi connectivity index (χ0v) is 11.8. The van der Waals surface area contributed by atoms with Crippen molar-refractivity contribution < 1.29 is 9.47 Å². The number of fused-ring (bicyclic) bond motifs is 1. The van der Waals surface area contributed by atoms with Crippen LogP contribution in [0.25, 0.3) is 0 Å². The smallest absolute Gasteiger partial charge is 0.165 e. The molecule has 0 aliphatic carbocycles. The zero-order chi connectivity index (χ0) is 14.2. The van der Waals surface area contributed by atoms with E-state index in [1.165, 1.54) is 5.56 Å². The van der Waals surface area contributed by atoms with E-state index in [9.17, 15) is 0 Å². The highest BCUT2D eigenvalue weighted by Crippen LogP contribution is 2.42. The van der Waals surface area contributed by atoms with Crippen LogP contribution in [0.1, 0.15) is 25.0 Å². The van der Waals surface area contributed by atoms with Gasteiger partial charge in [0.05, 0.1) is 0 Å². The zero-order valence-electron chi connectivity index (χ0n) is 11.8. The molecule has 2 aromatic rings. The van der Waals surface area contributed by atoms with E-state index < -0.39 is 0 Å². The van der Waals surface area contributed by atoms with Crippen LogP contribution in [0.3, 0.4) is 0 Å². The summed E-state index contributed by atoms with van der Waals surface area (Å²) in [5, 5.41) is 0. The van der Waals surface area contributed by atoms with Crippen LogP contribution in [0.4, 0.5) is 5.69 Å². The summed E-state index contributed by atoms with van der Waals surface area (Å²) in [5.74, 6) is 1.66. The molecule has 0 aromatic heterocycles. The predicted molar refractivity (Wildman–Crippen MR) is 80.0 cm³/mol. The molecule has 0 bridgehead atoms. The number of hydrogen-bond acceptors (Lipinski definition) is 3. The van der Waals surface area contributed by atoms with Gasteiger partial charge >= 0.3 is 0 Å². The molecule has 0 saturated carbocycles. The number of nitrogen functional groups attached to an aromatic ring is 1. The maximum atomic E-state index is 5.99. The van der Waals surface area contributed by atoms with Crippen molar-refractivity contribution in [2.45, 2.75) is 32.5 Å². The molecular weight excluding hydrogens is 250 g/mol. The first-order valence-corrected chi connectivity index (χ1v) is 6.82. The standard InChI is InChI=1S/C17H19NO2/c1-17(2)10-12-7-5-9-15(16(12)20-17)19-11-13-6-3-4-8-14(13)18/h3-9H,10-11,18H2,1-2H3. The van der Waals surface area contributed by atoms with E-state index in [1.54, 1.807) is 0 Å². The summed E-state index contributed by atoms with van der Waals surface area (Å²) in [7, 11) is 0. The molecule has 3 rings (SSSR count). The van der Waals surface area contributed by atoms with Gasteiger partial charge in [-0.1, -0.05) is 30.3 Å². The molecule has 2 aromatic carbocycles. The topological polar surface area (TPSA) is 44.5 Å². The van der Waals surface area contributed by atoms with E-state index in [0.29, 0.717) is 6.61 Å². The second kappa shape index (κ2) is 4.75. The van der Waals surface area contributed by atoms with E-state index in [-0.39, 0.29) is 5.60 Å². The summed E-state index contributed by atoms with van der Waals surface area (Å²) in [4.78, 5) is 0. The average Bonchev–Trinajstić information content (AvgIpc) is 2.72. The van der Waals surface area contributed by atoms with Crippen molar-refractivity contribution in [2.24, 2.45) is 0 Å². The van der Waals surface area contributed by atoms with Gasteiger partial charge in [-0.2, -0.15) is 0 Å². The molecule has 0 atom stereocenters. The van der Waals surface area contributed by atoms with Gasteiger partial charge in [0.2, 0.25) is 0 Å².